The zero-order valence-electron chi connectivity index (χ0n) is 12.9. The fraction of sp³-hybridized carbons (Fsp3) is 0.167. The van der Waals surface area contributed by atoms with E-state index in [1.165, 1.54) is 11.8 Å². The number of hydrogen-bond donors (Lipinski definition) is 1. The van der Waals surface area contributed by atoms with Crippen LogP contribution in [0.3, 0.4) is 0 Å². The summed E-state index contributed by atoms with van der Waals surface area (Å²) in [7, 11) is 0. The number of benzene rings is 1. The summed E-state index contributed by atoms with van der Waals surface area (Å²) >= 11 is 1.52. The highest BCUT2D eigenvalue weighted by Crippen LogP contribution is 2.27. The lowest BCUT2D eigenvalue weighted by Gasteiger charge is -2.25. The van der Waals surface area contributed by atoms with E-state index in [0.717, 1.165) is 16.2 Å². The molecular weight excluding hydrogens is 308 g/mol. The molecule has 23 heavy (non-hydrogen) atoms. The molecule has 1 aromatic rings. The fourth-order valence-corrected chi connectivity index (χ4v) is 3.24. The smallest absolute Gasteiger partial charge is 0.278 e. The maximum absolute atomic E-state index is 12.4. The highest BCUT2D eigenvalue weighted by molar-refractivity contribution is 7.98. The van der Waals surface area contributed by atoms with E-state index in [9.17, 15) is 9.59 Å². The van der Waals surface area contributed by atoms with Crippen LogP contribution in [-0.4, -0.2) is 23.8 Å². The van der Waals surface area contributed by atoms with Gasteiger partial charge >= 0.3 is 0 Å². The predicted octanol–water partition coefficient (Wildman–Crippen LogP) is 3.14. The molecule has 1 N–H and O–H groups in total. The average Bonchev–Trinajstić information content (AvgIpc) is 2.54. The van der Waals surface area contributed by atoms with Crippen LogP contribution in [0.4, 0.5) is 0 Å². The summed E-state index contributed by atoms with van der Waals surface area (Å²) in [4.78, 5) is 29.1. The third kappa shape index (κ3) is 3.19. The van der Waals surface area contributed by atoms with E-state index in [1.54, 1.807) is 18.2 Å². The zero-order chi connectivity index (χ0) is 16.4. The number of amides is 2. The maximum Gasteiger partial charge on any atom is 0.278 e. The zero-order valence-corrected chi connectivity index (χ0v) is 13.7. The molecule has 1 aromatic carbocycles. The van der Waals surface area contributed by atoms with E-state index in [2.05, 4.69) is 10.3 Å². The second-order valence-corrected chi connectivity index (χ2v) is 6.20. The predicted molar refractivity (Wildman–Crippen MR) is 92.6 cm³/mol. The van der Waals surface area contributed by atoms with Crippen molar-refractivity contribution < 1.29 is 9.59 Å². The van der Waals surface area contributed by atoms with Gasteiger partial charge in [0, 0.05) is 22.6 Å². The highest BCUT2D eigenvalue weighted by Gasteiger charge is 2.24. The number of aliphatic imine (C=N–C) groups is 1. The molecule has 3 rings (SSSR count). The second kappa shape index (κ2) is 6.38. The molecular formula is C18H16N2O2S. The number of nitrogens with zero attached hydrogens (tertiary/aromatic N) is 1. The molecule has 1 atom stereocenters. The van der Waals surface area contributed by atoms with Crippen molar-refractivity contribution >= 4 is 29.3 Å². The number of carbonyl (C=O) groups is 2. The van der Waals surface area contributed by atoms with Crippen molar-refractivity contribution in [2.45, 2.75) is 11.8 Å². The maximum atomic E-state index is 12.4. The summed E-state index contributed by atoms with van der Waals surface area (Å²) in [5.41, 5.74) is 2.88. The summed E-state index contributed by atoms with van der Waals surface area (Å²) in [5, 5.41) is 2.81. The molecule has 0 fully saturated rings. The SMILES string of the molecule is CSc1ccccc1C(=O)N=C1C=CC2C(C)=CC(=O)NC2=C1. The average molecular weight is 324 g/mol. The summed E-state index contributed by atoms with van der Waals surface area (Å²) in [6.07, 6.45) is 9.06. The Kier molecular flexibility index (Phi) is 4.30. The molecule has 2 aliphatic rings. The summed E-state index contributed by atoms with van der Waals surface area (Å²) in [6, 6.07) is 7.40. The Morgan fingerprint density at radius 1 is 1.26 bits per heavy atom. The molecule has 1 aliphatic heterocycles. The molecule has 2 amide bonds. The topological polar surface area (TPSA) is 58.5 Å². The Morgan fingerprint density at radius 3 is 2.83 bits per heavy atom. The molecule has 0 saturated carbocycles. The van der Waals surface area contributed by atoms with Crippen molar-refractivity contribution in [2.75, 3.05) is 6.26 Å². The number of carbonyl (C=O) groups excluding carboxylic acids is 2. The Labute approximate surface area is 139 Å². The molecule has 0 bridgehead atoms. The van der Waals surface area contributed by atoms with Crippen LogP contribution in [0, 0.1) is 5.92 Å². The van der Waals surface area contributed by atoms with Crippen molar-refractivity contribution in [2.24, 2.45) is 10.9 Å². The van der Waals surface area contributed by atoms with Gasteiger partial charge in [-0.3, -0.25) is 9.59 Å². The third-order valence-electron chi connectivity index (χ3n) is 3.78. The summed E-state index contributed by atoms with van der Waals surface area (Å²) in [6.45, 7) is 1.92. The van der Waals surface area contributed by atoms with E-state index < -0.39 is 0 Å². The monoisotopic (exact) mass is 324 g/mol. The minimum absolute atomic E-state index is 0.0558. The molecule has 116 valence electrons. The number of thioether (sulfide) groups is 1. The molecule has 1 heterocycles. The van der Waals surface area contributed by atoms with Gasteiger partial charge in [0.2, 0.25) is 5.91 Å². The van der Waals surface area contributed by atoms with E-state index in [1.807, 2.05) is 43.5 Å². The van der Waals surface area contributed by atoms with Gasteiger partial charge in [0.25, 0.3) is 5.91 Å². The Hall–Kier alpha value is -2.40. The molecule has 1 aliphatic carbocycles. The van der Waals surface area contributed by atoms with Gasteiger partial charge in [0.15, 0.2) is 0 Å². The molecule has 0 aromatic heterocycles. The molecule has 0 saturated heterocycles. The van der Waals surface area contributed by atoms with Crippen LogP contribution in [0.1, 0.15) is 17.3 Å². The quantitative estimate of drug-likeness (QED) is 0.850. The first-order valence-electron chi connectivity index (χ1n) is 7.23. The Morgan fingerprint density at radius 2 is 2.04 bits per heavy atom. The number of nitrogens with one attached hydrogen (secondary N) is 1. The van der Waals surface area contributed by atoms with Crippen molar-refractivity contribution in [3.8, 4) is 0 Å². The van der Waals surface area contributed by atoms with Gasteiger partial charge < -0.3 is 5.32 Å². The molecule has 5 heteroatoms. The van der Waals surface area contributed by atoms with E-state index in [0.29, 0.717) is 11.3 Å². The summed E-state index contributed by atoms with van der Waals surface area (Å²) in [5.74, 6) is -0.363. The van der Waals surface area contributed by atoms with Gasteiger partial charge in [0.05, 0.1) is 11.3 Å². The van der Waals surface area contributed by atoms with Gasteiger partial charge in [0.1, 0.15) is 0 Å². The van der Waals surface area contributed by atoms with Crippen LogP contribution < -0.4 is 5.32 Å². The first-order valence-corrected chi connectivity index (χ1v) is 8.46. The van der Waals surface area contributed by atoms with Gasteiger partial charge in [-0.2, -0.15) is 0 Å². The van der Waals surface area contributed by atoms with E-state index in [-0.39, 0.29) is 17.7 Å². The van der Waals surface area contributed by atoms with Gasteiger partial charge in [-0.1, -0.05) is 23.8 Å². The number of fused-ring (bicyclic) bond motifs is 1. The van der Waals surface area contributed by atoms with Crippen LogP contribution in [0.5, 0.6) is 0 Å². The van der Waals surface area contributed by atoms with Crippen molar-refractivity contribution in [1.29, 1.82) is 0 Å². The largest absolute Gasteiger partial charge is 0.325 e. The summed E-state index contributed by atoms with van der Waals surface area (Å²) < 4.78 is 0. The Bertz CT molecular complexity index is 803. The lowest BCUT2D eigenvalue weighted by Crippen LogP contribution is -2.32. The number of hydrogen-bond acceptors (Lipinski definition) is 3. The lowest BCUT2D eigenvalue weighted by atomic mass is 9.89. The van der Waals surface area contributed by atoms with Gasteiger partial charge in [-0.15, -0.1) is 11.8 Å². The van der Waals surface area contributed by atoms with Crippen LogP contribution in [0.2, 0.25) is 0 Å². The van der Waals surface area contributed by atoms with Gasteiger partial charge in [-0.25, -0.2) is 4.99 Å². The van der Waals surface area contributed by atoms with Crippen LogP contribution >= 0.6 is 11.8 Å². The second-order valence-electron chi connectivity index (χ2n) is 5.36. The van der Waals surface area contributed by atoms with E-state index >= 15 is 0 Å². The molecule has 0 spiro atoms. The molecule has 4 nitrogen and oxygen atoms in total. The molecule has 1 unspecified atom stereocenters. The third-order valence-corrected chi connectivity index (χ3v) is 4.58. The number of rotatable bonds is 2. The van der Waals surface area contributed by atoms with Gasteiger partial charge in [-0.05, 0) is 37.5 Å². The van der Waals surface area contributed by atoms with Crippen LogP contribution in [0.25, 0.3) is 0 Å². The first-order chi connectivity index (χ1) is 11.1. The first kappa shape index (κ1) is 15.5. The van der Waals surface area contributed by atoms with Crippen molar-refractivity contribution in [3.05, 3.63) is 65.4 Å². The van der Waals surface area contributed by atoms with Crippen molar-refractivity contribution in [1.82, 2.24) is 5.32 Å². The Balaban J connectivity index is 1.90. The van der Waals surface area contributed by atoms with Crippen LogP contribution in [0.15, 0.2) is 69.7 Å². The minimum atomic E-state index is -0.278. The number of allylic oxidation sites excluding steroid dienone is 3. The minimum Gasteiger partial charge on any atom is -0.325 e. The van der Waals surface area contributed by atoms with E-state index in [4.69, 9.17) is 0 Å². The normalized spacial score (nSPS) is 21.4. The fourth-order valence-electron chi connectivity index (χ4n) is 2.65. The van der Waals surface area contributed by atoms with Crippen molar-refractivity contribution in [3.63, 3.8) is 0 Å². The standard InChI is InChI=1S/C18H16N2O2S/c1-11-9-17(21)20-15-10-12(7-8-13(11)15)19-18(22)14-5-3-4-6-16(14)23-2/h3-10,13H,1-2H3,(H,20,21). The van der Waals surface area contributed by atoms with Crippen LogP contribution in [-0.2, 0) is 4.79 Å². The highest BCUT2D eigenvalue weighted by atomic mass is 32.2. The lowest BCUT2D eigenvalue weighted by molar-refractivity contribution is -0.116. The molecule has 0 radical (unpaired) electrons.